The predicted molar refractivity (Wildman–Crippen MR) is 145 cm³/mol. The largest absolute Gasteiger partial charge is 0.464 e. The number of rotatable bonds is 14. The first-order valence-electron chi connectivity index (χ1n) is 12.6. The number of ether oxygens (including phenoxy) is 1. The van der Waals surface area contributed by atoms with Crippen LogP contribution in [0.25, 0.3) is 10.8 Å². The molecule has 8 nitrogen and oxygen atoms in total. The number of esters is 1. The highest BCUT2D eigenvalue weighted by atomic mass is 32.2. The highest BCUT2D eigenvalue weighted by Gasteiger charge is 2.36. The molecular weight excluding hydrogens is 476 g/mol. The quantitative estimate of drug-likeness (QED) is 0.329. The minimum Gasteiger partial charge on any atom is -0.464 e. The Bertz CT molecular complexity index is 1020. The molecule has 0 saturated carbocycles. The van der Waals surface area contributed by atoms with Gasteiger partial charge in [0.05, 0.1) is 25.7 Å². The summed E-state index contributed by atoms with van der Waals surface area (Å²) in [5, 5.41) is 8.46. The van der Waals surface area contributed by atoms with Crippen molar-refractivity contribution in [1.29, 1.82) is 0 Å². The maximum absolute atomic E-state index is 13.3. The number of hydrogen-bond acceptors (Lipinski definition) is 8. The molecular formula is C27H38N4O4S. The number of fused-ring (bicyclic) bond motifs is 1. The molecule has 0 aliphatic carbocycles. The topological polar surface area (TPSA) is 114 Å². The summed E-state index contributed by atoms with van der Waals surface area (Å²) in [7, 11) is 0. The Morgan fingerprint density at radius 2 is 2.00 bits per heavy atom. The second-order valence-electron chi connectivity index (χ2n) is 9.01. The number of ketones is 1. The summed E-state index contributed by atoms with van der Waals surface area (Å²) < 4.78 is 5.18. The number of carbonyl (C=O) groups is 3. The fourth-order valence-corrected chi connectivity index (χ4v) is 5.31. The van der Waals surface area contributed by atoms with Gasteiger partial charge in [-0.2, -0.15) is 11.8 Å². The van der Waals surface area contributed by atoms with Crippen LogP contribution in [0.1, 0.15) is 31.7 Å². The van der Waals surface area contributed by atoms with Crippen molar-refractivity contribution in [3.8, 4) is 0 Å². The zero-order chi connectivity index (χ0) is 25.9. The van der Waals surface area contributed by atoms with E-state index in [1.54, 1.807) is 18.7 Å². The predicted octanol–water partition coefficient (Wildman–Crippen LogP) is 2.09. The fourth-order valence-electron chi connectivity index (χ4n) is 4.84. The van der Waals surface area contributed by atoms with Crippen LogP contribution < -0.4 is 16.4 Å². The first-order chi connectivity index (χ1) is 17.5. The molecule has 2 aromatic carbocycles. The number of hydrogen-bond donors (Lipinski definition) is 3. The van der Waals surface area contributed by atoms with E-state index < -0.39 is 18.1 Å². The molecule has 1 saturated heterocycles. The molecule has 1 heterocycles. The molecule has 9 heteroatoms. The van der Waals surface area contributed by atoms with Gasteiger partial charge in [-0.3, -0.25) is 14.5 Å². The van der Waals surface area contributed by atoms with Gasteiger partial charge in [-0.05, 0) is 61.1 Å². The van der Waals surface area contributed by atoms with Crippen LogP contribution in [0, 0.1) is 0 Å². The average Bonchev–Trinajstić information content (AvgIpc) is 3.41. The Labute approximate surface area is 217 Å². The van der Waals surface area contributed by atoms with E-state index in [-0.39, 0.29) is 37.4 Å². The normalized spacial score (nSPS) is 17.2. The molecule has 4 N–H and O–H groups in total. The van der Waals surface area contributed by atoms with Gasteiger partial charge in [-0.1, -0.05) is 42.5 Å². The maximum Gasteiger partial charge on any atom is 0.328 e. The van der Waals surface area contributed by atoms with Gasteiger partial charge in [-0.25, -0.2) is 4.79 Å². The second-order valence-corrected chi connectivity index (χ2v) is 10.0. The Morgan fingerprint density at radius 1 is 1.22 bits per heavy atom. The number of thioether (sulfide) groups is 1. The van der Waals surface area contributed by atoms with Crippen molar-refractivity contribution in [3.05, 3.63) is 48.0 Å². The molecule has 1 aliphatic rings. The molecule has 2 aromatic rings. The van der Waals surface area contributed by atoms with E-state index in [4.69, 9.17) is 10.5 Å². The van der Waals surface area contributed by atoms with E-state index in [0.29, 0.717) is 18.7 Å². The van der Waals surface area contributed by atoms with Crippen LogP contribution >= 0.6 is 11.8 Å². The molecule has 196 valence electrons. The molecule has 0 aromatic heterocycles. The lowest BCUT2D eigenvalue weighted by molar-refractivity contribution is -0.147. The molecule has 1 aliphatic heterocycles. The van der Waals surface area contributed by atoms with Crippen LogP contribution in [0.2, 0.25) is 0 Å². The number of nitrogens with zero attached hydrogens (tertiary/aromatic N) is 1. The first kappa shape index (κ1) is 28.1. The van der Waals surface area contributed by atoms with Gasteiger partial charge in [0.15, 0.2) is 5.78 Å². The third-order valence-corrected chi connectivity index (χ3v) is 7.17. The van der Waals surface area contributed by atoms with E-state index >= 15 is 0 Å². The summed E-state index contributed by atoms with van der Waals surface area (Å²) in [4.78, 5) is 40.8. The summed E-state index contributed by atoms with van der Waals surface area (Å²) in [6.07, 6.45) is 4.23. The minimum absolute atomic E-state index is 0.0347. The Morgan fingerprint density at radius 3 is 2.69 bits per heavy atom. The molecule has 3 rings (SSSR count). The number of Topliss-reactive ketones (excluding diaryl/α,β-unsaturated/α-hetero) is 1. The summed E-state index contributed by atoms with van der Waals surface area (Å²) in [6, 6.07) is 12.8. The van der Waals surface area contributed by atoms with Crippen LogP contribution in [0.3, 0.4) is 0 Å². The van der Waals surface area contributed by atoms with E-state index in [2.05, 4.69) is 16.7 Å². The van der Waals surface area contributed by atoms with Crippen molar-refractivity contribution < 1.29 is 19.1 Å². The smallest absolute Gasteiger partial charge is 0.328 e. The molecule has 1 fully saturated rings. The van der Waals surface area contributed by atoms with Gasteiger partial charge in [0.1, 0.15) is 6.04 Å². The van der Waals surface area contributed by atoms with Crippen molar-refractivity contribution in [3.63, 3.8) is 0 Å². The van der Waals surface area contributed by atoms with Crippen molar-refractivity contribution in [2.75, 3.05) is 38.2 Å². The number of nitrogens with two attached hydrogens (primary N) is 1. The zero-order valence-electron chi connectivity index (χ0n) is 21.2. The molecule has 3 atom stereocenters. The van der Waals surface area contributed by atoms with Gasteiger partial charge in [-0.15, -0.1) is 0 Å². The number of amides is 1. The number of carbonyl (C=O) groups excluding carboxylic acids is 3. The third-order valence-electron chi connectivity index (χ3n) is 6.52. The average molecular weight is 515 g/mol. The summed E-state index contributed by atoms with van der Waals surface area (Å²) >= 11 is 1.60. The molecule has 0 bridgehead atoms. The lowest BCUT2D eigenvalue weighted by Gasteiger charge is -2.34. The standard InChI is InChI=1S/C27H38N4O4S/c1-3-35-27(34)23(13-15-36-2)30-25(33)18-31(26(24(32)16-28)22-12-7-14-29-22)17-20-10-6-9-19-8-4-5-11-21(19)20/h4-6,8-11,22-23,26,29H,3,7,12-18,28H2,1-2H3,(H,30,33)/t22-,23-,26?/m0/s1. The number of nitrogens with one attached hydrogen (secondary N) is 2. The third kappa shape index (κ3) is 7.52. The Hall–Kier alpha value is -2.46. The van der Waals surface area contributed by atoms with Gasteiger partial charge < -0.3 is 21.1 Å². The second kappa shape index (κ2) is 14.3. The molecule has 36 heavy (non-hydrogen) atoms. The van der Waals surface area contributed by atoms with Gasteiger partial charge in [0.25, 0.3) is 0 Å². The lowest BCUT2D eigenvalue weighted by Crippen LogP contribution is -2.56. The number of benzene rings is 2. The van der Waals surface area contributed by atoms with Crippen LogP contribution in [-0.4, -0.2) is 78.9 Å². The summed E-state index contributed by atoms with van der Waals surface area (Å²) in [5.41, 5.74) is 6.86. The van der Waals surface area contributed by atoms with Crippen LogP contribution in [-0.2, 0) is 25.7 Å². The lowest BCUT2D eigenvalue weighted by atomic mass is 9.97. The fraction of sp³-hybridized carbons (Fsp3) is 0.519. The SMILES string of the molecule is CCOC(=O)[C@H](CCSC)NC(=O)CN(Cc1cccc2ccccc12)C(C(=O)CN)[C@@H]1CCCN1. The van der Waals surface area contributed by atoms with E-state index in [0.717, 1.165) is 35.7 Å². The molecule has 0 spiro atoms. The Balaban J connectivity index is 1.89. The zero-order valence-corrected chi connectivity index (χ0v) is 22.0. The van der Waals surface area contributed by atoms with Crippen LogP contribution in [0.4, 0.5) is 0 Å². The monoisotopic (exact) mass is 514 g/mol. The highest BCUT2D eigenvalue weighted by molar-refractivity contribution is 7.98. The van der Waals surface area contributed by atoms with Gasteiger partial charge in [0, 0.05) is 12.6 Å². The van der Waals surface area contributed by atoms with Crippen LogP contribution in [0.5, 0.6) is 0 Å². The van der Waals surface area contributed by atoms with E-state index in [1.165, 1.54) is 0 Å². The Kier molecular flexibility index (Phi) is 11.2. The summed E-state index contributed by atoms with van der Waals surface area (Å²) in [5.74, 6) is -0.148. The van der Waals surface area contributed by atoms with E-state index in [9.17, 15) is 14.4 Å². The minimum atomic E-state index is -0.724. The molecule has 1 unspecified atom stereocenters. The van der Waals surface area contributed by atoms with E-state index in [1.807, 2.05) is 47.6 Å². The molecule has 1 amide bonds. The van der Waals surface area contributed by atoms with Crippen molar-refractivity contribution in [2.24, 2.45) is 5.73 Å². The van der Waals surface area contributed by atoms with Crippen molar-refractivity contribution in [2.45, 2.75) is 50.9 Å². The summed E-state index contributed by atoms with van der Waals surface area (Å²) in [6.45, 7) is 3.08. The maximum atomic E-state index is 13.3. The van der Waals surface area contributed by atoms with Crippen molar-refractivity contribution in [1.82, 2.24) is 15.5 Å². The van der Waals surface area contributed by atoms with Gasteiger partial charge in [0.2, 0.25) is 5.91 Å². The highest BCUT2D eigenvalue weighted by Crippen LogP contribution is 2.23. The van der Waals surface area contributed by atoms with Crippen molar-refractivity contribution >= 4 is 40.2 Å². The molecule has 0 radical (unpaired) electrons. The first-order valence-corrected chi connectivity index (χ1v) is 14.0. The van der Waals surface area contributed by atoms with Gasteiger partial charge >= 0.3 is 5.97 Å². The van der Waals surface area contributed by atoms with Crippen LogP contribution in [0.15, 0.2) is 42.5 Å².